The number of nitrogens with one attached hydrogen (secondary N) is 4. The molecule has 6 aromatic rings. The number of aromatic nitrogens is 4. The zero-order valence-electron chi connectivity index (χ0n) is 23.8. The largest absolute Gasteiger partial charge is 0.460 e. The van der Waals surface area contributed by atoms with Crippen LogP contribution in [0.15, 0.2) is 102 Å². The summed E-state index contributed by atoms with van der Waals surface area (Å²) in [5, 5.41) is 2.52. The Kier molecular flexibility index (Phi) is 6.26. The first-order valence-electron chi connectivity index (χ1n) is 14.6. The lowest BCUT2D eigenvalue weighted by Gasteiger charge is -2.13. The predicted molar refractivity (Wildman–Crippen MR) is 166 cm³/mol. The van der Waals surface area contributed by atoms with Crippen LogP contribution in [0.2, 0.25) is 0 Å². The number of aromatic amines is 3. The maximum absolute atomic E-state index is 13.0. The van der Waals surface area contributed by atoms with Gasteiger partial charge >= 0.3 is 23.6 Å². The Bertz CT molecular complexity index is 2110. The van der Waals surface area contributed by atoms with Gasteiger partial charge in [-0.25, -0.2) is 19.6 Å². The first kappa shape index (κ1) is 26.6. The number of benzene rings is 4. The van der Waals surface area contributed by atoms with Crippen molar-refractivity contribution in [2.24, 2.45) is 0 Å². The molecule has 0 saturated heterocycles. The maximum Gasteiger partial charge on any atom is 0.460 e. The Morgan fingerprint density at radius 2 is 1.16 bits per heavy atom. The molecule has 0 saturated carbocycles. The molecule has 0 aliphatic heterocycles. The smallest absolute Gasteiger partial charge is 0.458 e. The number of ether oxygens (including phenoxy) is 2. The van der Waals surface area contributed by atoms with Crippen molar-refractivity contribution in [3.63, 3.8) is 0 Å². The Morgan fingerprint density at radius 1 is 0.689 bits per heavy atom. The van der Waals surface area contributed by atoms with Crippen molar-refractivity contribution in [2.45, 2.75) is 11.8 Å². The van der Waals surface area contributed by atoms with E-state index in [1.165, 1.54) is 0 Å². The number of nitrogens with zero attached hydrogens (tertiary/aromatic N) is 1. The molecule has 0 spiro atoms. The molecule has 1 amide bonds. The van der Waals surface area contributed by atoms with E-state index in [4.69, 9.17) is 9.47 Å². The minimum Gasteiger partial charge on any atom is -0.458 e. The third-order valence-electron chi connectivity index (χ3n) is 8.52. The summed E-state index contributed by atoms with van der Waals surface area (Å²) in [6, 6.07) is 32.2. The maximum atomic E-state index is 13.0. The highest BCUT2D eigenvalue weighted by Crippen LogP contribution is 2.45. The summed E-state index contributed by atoms with van der Waals surface area (Å²) in [6.07, 6.45) is -0.754. The number of carbonyl (C=O) groups excluding carboxylic acids is 2. The second kappa shape index (κ2) is 10.6. The third-order valence-corrected chi connectivity index (χ3v) is 8.52. The third kappa shape index (κ3) is 4.54. The van der Waals surface area contributed by atoms with Crippen molar-refractivity contribution in [2.75, 3.05) is 18.5 Å². The van der Waals surface area contributed by atoms with Crippen molar-refractivity contribution < 1.29 is 24.0 Å². The fourth-order valence-corrected chi connectivity index (χ4v) is 6.52. The molecule has 2 aromatic heterocycles. The molecule has 220 valence electrons. The van der Waals surface area contributed by atoms with Gasteiger partial charge < -0.3 is 14.5 Å². The molecule has 2 heterocycles. The van der Waals surface area contributed by atoms with E-state index in [-0.39, 0.29) is 48.0 Å². The van der Waals surface area contributed by atoms with E-state index >= 15 is 0 Å². The molecule has 45 heavy (non-hydrogen) atoms. The van der Waals surface area contributed by atoms with Crippen molar-refractivity contribution in [1.29, 1.82) is 0 Å². The van der Waals surface area contributed by atoms with Gasteiger partial charge in [-0.1, -0.05) is 97.1 Å². The minimum atomic E-state index is -0.754. The van der Waals surface area contributed by atoms with Crippen LogP contribution in [0.3, 0.4) is 0 Å². The van der Waals surface area contributed by atoms with Crippen molar-refractivity contribution >= 4 is 29.2 Å². The average molecular weight is 597 g/mol. The van der Waals surface area contributed by atoms with Gasteiger partial charge in [0.05, 0.1) is 0 Å². The second-order valence-electron chi connectivity index (χ2n) is 11.0. The number of anilines is 1. The van der Waals surface area contributed by atoms with Crippen LogP contribution in [-0.2, 0) is 9.47 Å². The molecule has 10 heteroatoms. The number of esters is 1. The Morgan fingerprint density at radius 3 is 1.67 bits per heavy atom. The van der Waals surface area contributed by atoms with Crippen LogP contribution in [0, 0.1) is 0 Å². The molecule has 2 aliphatic carbocycles. The van der Waals surface area contributed by atoms with E-state index in [9.17, 15) is 14.4 Å². The summed E-state index contributed by atoms with van der Waals surface area (Å²) in [4.78, 5) is 50.9. The van der Waals surface area contributed by atoms with Gasteiger partial charge in [0.1, 0.15) is 13.2 Å². The highest BCUT2D eigenvalue weighted by Gasteiger charge is 2.31. The van der Waals surface area contributed by atoms with E-state index in [1.54, 1.807) is 0 Å². The molecule has 4 N–H and O–H groups in total. The van der Waals surface area contributed by atoms with Gasteiger partial charge in [0, 0.05) is 11.8 Å². The van der Waals surface area contributed by atoms with Crippen LogP contribution >= 0.6 is 0 Å². The molecule has 0 radical (unpaired) electrons. The average Bonchev–Trinajstić information content (AvgIpc) is 3.74. The number of H-pyrrole nitrogens is 3. The van der Waals surface area contributed by atoms with Crippen LogP contribution in [0.25, 0.3) is 33.4 Å². The van der Waals surface area contributed by atoms with E-state index in [0.29, 0.717) is 0 Å². The summed E-state index contributed by atoms with van der Waals surface area (Å²) < 4.78 is 11.2. The van der Waals surface area contributed by atoms with Gasteiger partial charge in [0.2, 0.25) is 0 Å². The fraction of sp³-hybridized carbons (Fsp3) is 0.114. The quantitative estimate of drug-likeness (QED) is 0.220. The molecule has 8 rings (SSSR count). The van der Waals surface area contributed by atoms with Crippen LogP contribution in [0.1, 0.15) is 44.7 Å². The number of fused-ring (bicyclic) bond motifs is 7. The highest BCUT2D eigenvalue weighted by atomic mass is 16.5. The first-order valence-corrected chi connectivity index (χ1v) is 14.6. The lowest BCUT2D eigenvalue weighted by molar-refractivity contribution is -0.334. The van der Waals surface area contributed by atoms with E-state index in [2.05, 4.69) is 49.5 Å². The van der Waals surface area contributed by atoms with Gasteiger partial charge in [-0.2, -0.15) is 5.32 Å². The Labute approximate surface area is 256 Å². The Hall–Kier alpha value is -6.03. The number of carbonyl (C=O) groups is 2. The lowest BCUT2D eigenvalue weighted by atomic mass is 9.98. The van der Waals surface area contributed by atoms with E-state index in [1.807, 2.05) is 72.8 Å². The number of imidazole rings is 1. The number of hydrogen-bond acceptors (Lipinski definition) is 6. The van der Waals surface area contributed by atoms with Crippen LogP contribution in [0.4, 0.5) is 10.7 Å². The summed E-state index contributed by atoms with van der Waals surface area (Å²) in [5.41, 5.74) is 8.37. The second-order valence-corrected chi connectivity index (χ2v) is 11.0. The lowest BCUT2D eigenvalue weighted by Crippen LogP contribution is -2.27. The van der Waals surface area contributed by atoms with Crippen molar-refractivity contribution in [3.05, 3.63) is 135 Å². The van der Waals surface area contributed by atoms with E-state index < -0.39 is 17.6 Å². The summed E-state index contributed by atoms with van der Waals surface area (Å²) >= 11 is 0. The van der Waals surface area contributed by atoms with E-state index in [0.717, 1.165) is 44.5 Å². The summed E-state index contributed by atoms with van der Waals surface area (Å²) in [6.45, 7) is 0.221. The molecular formula is C35H26N5O5+. The molecule has 0 fully saturated rings. The standard InChI is InChI=1S/C35H25N5O5/c41-32-29-30(37-31(36-29)33(42)44-17-27-23-13-5-1-9-19(23)20-10-2-6-14-24(20)27)38-34(39-32)40-35(43)45-18-28-25-15-7-3-11-21(25)22-12-4-8-16-26(22)28/h1-16,27-28H,17-18H2,(H3,36,37,38,39,40,41,43)/p+1. The monoisotopic (exact) mass is 596 g/mol. The normalized spacial score (nSPS) is 13.2. The first-order chi connectivity index (χ1) is 22.0. The topological polar surface area (TPSA) is 140 Å². The van der Waals surface area contributed by atoms with Crippen molar-refractivity contribution in [1.82, 2.24) is 15.0 Å². The SMILES string of the molecule is O=C(Nc1[nH]c(=O)c2[nH]c(C(=O)OCC3c4ccccc4-c4ccccc43)nc2[nH+]1)OCC1c2ccccc2-c2ccccc21. The van der Waals surface area contributed by atoms with Crippen molar-refractivity contribution in [3.8, 4) is 22.3 Å². The number of hydrogen-bond donors (Lipinski definition) is 3. The molecule has 0 atom stereocenters. The minimum absolute atomic E-state index is 0.0321. The van der Waals surface area contributed by atoms with Gasteiger partial charge in [-0.3, -0.25) is 4.79 Å². The summed E-state index contributed by atoms with van der Waals surface area (Å²) in [7, 11) is 0. The van der Waals surface area contributed by atoms with Gasteiger partial charge in [0.25, 0.3) is 11.5 Å². The molecule has 10 nitrogen and oxygen atoms in total. The molecule has 2 aliphatic rings. The number of amides is 1. The fourth-order valence-electron chi connectivity index (χ4n) is 6.52. The van der Waals surface area contributed by atoms with Gasteiger partial charge in [0.15, 0.2) is 5.52 Å². The van der Waals surface area contributed by atoms with Gasteiger partial charge in [-0.05, 0) is 44.5 Å². The molecule has 0 bridgehead atoms. The van der Waals surface area contributed by atoms with Crippen LogP contribution in [-0.4, -0.2) is 40.2 Å². The molecular weight excluding hydrogens is 570 g/mol. The van der Waals surface area contributed by atoms with Crippen LogP contribution in [0.5, 0.6) is 0 Å². The predicted octanol–water partition coefficient (Wildman–Crippen LogP) is 5.40. The number of rotatable bonds is 6. The van der Waals surface area contributed by atoms with Gasteiger partial charge in [-0.15, -0.1) is 4.98 Å². The summed E-state index contributed by atoms with van der Waals surface area (Å²) in [5.74, 6) is -1.10. The Balaban J connectivity index is 0.954. The molecule has 0 unspecified atom stereocenters. The molecule has 4 aromatic carbocycles. The zero-order chi connectivity index (χ0) is 30.5. The highest BCUT2D eigenvalue weighted by molar-refractivity contribution is 5.89. The van der Waals surface area contributed by atoms with Crippen LogP contribution < -0.4 is 15.9 Å². The zero-order valence-corrected chi connectivity index (χ0v) is 23.8.